The number of hydrogen-bond acceptors (Lipinski definition) is 3. The van der Waals surface area contributed by atoms with E-state index >= 15 is 0 Å². The van der Waals surface area contributed by atoms with Crippen molar-refractivity contribution in [1.82, 2.24) is 0 Å². The Morgan fingerprint density at radius 1 is 1.19 bits per heavy atom. The molecule has 4 nitrogen and oxygen atoms in total. The van der Waals surface area contributed by atoms with Gasteiger partial charge in [-0.15, -0.1) is 13.2 Å². The summed E-state index contributed by atoms with van der Waals surface area (Å²) in [6.07, 6.45) is 1.64. The Morgan fingerprint density at radius 2 is 1.89 bits per heavy atom. The van der Waals surface area contributed by atoms with Gasteiger partial charge in [-0.05, 0) is 74.1 Å². The van der Waals surface area contributed by atoms with E-state index in [0.29, 0.717) is 12.0 Å². The topological polar surface area (TPSA) is 55.8 Å². The molecular formula is C19H22ClF3O4. The molecule has 2 aliphatic carbocycles. The molecule has 0 saturated heterocycles. The van der Waals surface area contributed by atoms with Crippen molar-refractivity contribution in [2.45, 2.75) is 69.9 Å². The molecule has 0 unspecified atom stereocenters. The fourth-order valence-electron chi connectivity index (χ4n) is 4.55. The van der Waals surface area contributed by atoms with E-state index in [0.717, 1.165) is 44.6 Å². The van der Waals surface area contributed by atoms with Crippen molar-refractivity contribution in [2.75, 3.05) is 0 Å². The molecule has 2 aliphatic rings. The largest absolute Gasteiger partial charge is 0.573 e. The zero-order valence-corrected chi connectivity index (χ0v) is 15.5. The summed E-state index contributed by atoms with van der Waals surface area (Å²) in [6, 6.07) is 3.99. The third kappa shape index (κ3) is 5.29. The van der Waals surface area contributed by atoms with Crippen molar-refractivity contribution in [3.05, 3.63) is 28.8 Å². The van der Waals surface area contributed by atoms with Crippen LogP contribution in [0.1, 0.15) is 56.9 Å². The van der Waals surface area contributed by atoms with Crippen LogP contribution in [0.2, 0.25) is 5.02 Å². The first-order chi connectivity index (χ1) is 12.6. The molecule has 2 fully saturated rings. The Labute approximate surface area is 160 Å². The van der Waals surface area contributed by atoms with Gasteiger partial charge in [0, 0.05) is 11.4 Å². The molecule has 150 valence electrons. The molecule has 0 radical (unpaired) electrons. The monoisotopic (exact) mass is 406 g/mol. The lowest BCUT2D eigenvalue weighted by atomic mass is 9.80. The van der Waals surface area contributed by atoms with Crippen LogP contribution < -0.4 is 4.74 Å². The number of carboxylic acid groups (broad SMARTS) is 1. The Morgan fingerprint density at radius 3 is 2.52 bits per heavy atom. The molecule has 3 rings (SSSR count). The normalized spacial score (nSPS) is 27.1. The van der Waals surface area contributed by atoms with Gasteiger partial charge in [0.1, 0.15) is 5.75 Å². The van der Waals surface area contributed by atoms with Crippen LogP contribution in [0.25, 0.3) is 0 Å². The van der Waals surface area contributed by atoms with E-state index in [9.17, 15) is 18.0 Å². The van der Waals surface area contributed by atoms with E-state index in [4.69, 9.17) is 21.4 Å². The molecule has 1 aromatic carbocycles. The summed E-state index contributed by atoms with van der Waals surface area (Å²) in [5, 5.41) is 8.98. The molecule has 27 heavy (non-hydrogen) atoms. The van der Waals surface area contributed by atoms with Crippen molar-refractivity contribution < 1.29 is 32.5 Å². The number of carboxylic acids is 1. The summed E-state index contributed by atoms with van der Waals surface area (Å²) in [5.41, 5.74) is 0.414. The summed E-state index contributed by atoms with van der Waals surface area (Å²) >= 11 is 5.91. The zero-order chi connectivity index (χ0) is 19.7. The summed E-state index contributed by atoms with van der Waals surface area (Å²) < 4.78 is 47.3. The van der Waals surface area contributed by atoms with Gasteiger partial charge >= 0.3 is 12.3 Å². The predicted octanol–water partition coefficient (Wildman–Crippen LogP) is 5.71. The summed E-state index contributed by atoms with van der Waals surface area (Å²) in [4.78, 5) is 10.7. The standard InChI is InChI=1S/C19H22ClF3O4/c20-14-8-13(9-15(10-14)27-19(21,22)23)11-26-18-6-4-17(12-18,5-7-18)3-1-2-16(24)25/h8-10H,1-7,11-12H2,(H,24,25). The lowest BCUT2D eigenvalue weighted by Gasteiger charge is -2.28. The van der Waals surface area contributed by atoms with Crippen LogP contribution in [-0.2, 0) is 16.1 Å². The van der Waals surface area contributed by atoms with Gasteiger partial charge in [-0.3, -0.25) is 4.79 Å². The second-order valence-electron chi connectivity index (χ2n) is 7.74. The number of hydrogen-bond donors (Lipinski definition) is 1. The molecule has 0 aliphatic heterocycles. The predicted molar refractivity (Wildman–Crippen MR) is 92.7 cm³/mol. The zero-order valence-electron chi connectivity index (χ0n) is 14.8. The molecule has 0 heterocycles. The van der Waals surface area contributed by atoms with Crippen LogP contribution >= 0.6 is 11.6 Å². The van der Waals surface area contributed by atoms with Gasteiger partial charge in [0.15, 0.2) is 0 Å². The van der Waals surface area contributed by atoms with Crippen LogP contribution in [0.15, 0.2) is 18.2 Å². The average Bonchev–Trinajstić information content (AvgIpc) is 3.07. The molecule has 0 aromatic heterocycles. The molecule has 1 N–H and O–H groups in total. The summed E-state index contributed by atoms with van der Waals surface area (Å²) in [6.45, 7) is 0.167. The van der Waals surface area contributed by atoms with E-state index in [1.54, 1.807) is 6.07 Å². The molecule has 1 aromatic rings. The molecule has 0 amide bonds. The highest BCUT2D eigenvalue weighted by Gasteiger charge is 2.54. The highest BCUT2D eigenvalue weighted by molar-refractivity contribution is 6.30. The number of rotatable bonds is 8. The van der Waals surface area contributed by atoms with Crippen molar-refractivity contribution >= 4 is 17.6 Å². The van der Waals surface area contributed by atoms with Crippen LogP contribution in [0.5, 0.6) is 5.75 Å². The van der Waals surface area contributed by atoms with Crippen LogP contribution in [0, 0.1) is 5.41 Å². The van der Waals surface area contributed by atoms with Crippen molar-refractivity contribution in [3.8, 4) is 5.75 Å². The number of benzene rings is 1. The Balaban J connectivity index is 1.59. The van der Waals surface area contributed by atoms with Gasteiger partial charge in [-0.2, -0.15) is 0 Å². The molecule has 2 saturated carbocycles. The third-order valence-electron chi connectivity index (χ3n) is 5.73. The second kappa shape index (κ2) is 7.51. The van der Waals surface area contributed by atoms with E-state index in [-0.39, 0.29) is 34.8 Å². The average molecular weight is 407 g/mol. The third-order valence-corrected chi connectivity index (χ3v) is 5.94. The first-order valence-corrected chi connectivity index (χ1v) is 9.38. The van der Waals surface area contributed by atoms with E-state index in [1.807, 2.05) is 0 Å². The highest BCUT2D eigenvalue weighted by atomic mass is 35.5. The smallest absolute Gasteiger partial charge is 0.481 e. The number of carbonyl (C=O) groups is 1. The van der Waals surface area contributed by atoms with E-state index < -0.39 is 12.3 Å². The van der Waals surface area contributed by atoms with Crippen molar-refractivity contribution in [3.63, 3.8) is 0 Å². The number of alkyl halides is 3. The minimum Gasteiger partial charge on any atom is -0.481 e. The Kier molecular flexibility index (Phi) is 5.64. The Hall–Kier alpha value is -1.47. The maximum absolute atomic E-state index is 12.4. The van der Waals surface area contributed by atoms with Gasteiger partial charge in [-0.25, -0.2) is 0 Å². The number of halogens is 4. The minimum absolute atomic E-state index is 0.147. The van der Waals surface area contributed by atoms with Gasteiger partial charge in [0.2, 0.25) is 0 Å². The number of ether oxygens (including phenoxy) is 2. The second-order valence-corrected chi connectivity index (χ2v) is 8.18. The summed E-state index contributed by atoms with van der Waals surface area (Å²) in [5.74, 6) is -1.13. The Bertz CT molecular complexity index is 697. The van der Waals surface area contributed by atoms with E-state index in [2.05, 4.69) is 4.74 Å². The molecule has 2 bridgehead atoms. The lowest BCUT2D eigenvalue weighted by molar-refractivity contribution is -0.274. The van der Waals surface area contributed by atoms with Crippen molar-refractivity contribution in [2.24, 2.45) is 5.41 Å². The lowest BCUT2D eigenvalue weighted by Crippen LogP contribution is -2.26. The quantitative estimate of drug-likeness (QED) is 0.600. The molecule has 0 atom stereocenters. The fourth-order valence-corrected chi connectivity index (χ4v) is 4.80. The van der Waals surface area contributed by atoms with Crippen LogP contribution in [0.3, 0.4) is 0 Å². The highest BCUT2D eigenvalue weighted by Crippen LogP contribution is 2.60. The van der Waals surface area contributed by atoms with Crippen LogP contribution in [-0.4, -0.2) is 23.0 Å². The maximum atomic E-state index is 12.4. The molecule has 0 spiro atoms. The number of aliphatic carboxylic acids is 1. The van der Waals surface area contributed by atoms with E-state index in [1.165, 1.54) is 6.07 Å². The first kappa shape index (κ1) is 20.3. The summed E-state index contributed by atoms with van der Waals surface area (Å²) in [7, 11) is 0. The molecule has 8 heteroatoms. The minimum atomic E-state index is -4.77. The molecular weight excluding hydrogens is 385 g/mol. The van der Waals surface area contributed by atoms with Crippen LogP contribution in [0.4, 0.5) is 13.2 Å². The number of fused-ring (bicyclic) bond motifs is 2. The van der Waals surface area contributed by atoms with Gasteiger partial charge < -0.3 is 14.6 Å². The fraction of sp³-hybridized carbons (Fsp3) is 0.632. The maximum Gasteiger partial charge on any atom is 0.573 e. The van der Waals surface area contributed by atoms with Gasteiger partial charge in [0.25, 0.3) is 0 Å². The van der Waals surface area contributed by atoms with Gasteiger partial charge in [-0.1, -0.05) is 11.6 Å². The SMILES string of the molecule is O=C(O)CCCC12CCC(OCc3cc(Cl)cc(OC(F)(F)F)c3)(CC1)C2. The van der Waals surface area contributed by atoms with Gasteiger partial charge in [0.05, 0.1) is 12.2 Å². The van der Waals surface area contributed by atoms with Crippen molar-refractivity contribution in [1.29, 1.82) is 0 Å². The first-order valence-electron chi connectivity index (χ1n) is 9.00.